The highest BCUT2D eigenvalue weighted by atomic mass is 16.5. The van der Waals surface area contributed by atoms with Crippen molar-refractivity contribution < 1.29 is 14.6 Å². The van der Waals surface area contributed by atoms with Crippen molar-refractivity contribution in [2.75, 3.05) is 27.3 Å². The molecule has 4 heteroatoms. The highest BCUT2D eigenvalue weighted by Crippen LogP contribution is 2.24. The molecular weight excluding hydrogens is 314 g/mol. The summed E-state index contributed by atoms with van der Waals surface area (Å²) in [7, 11) is 3.71. The highest BCUT2D eigenvalue weighted by molar-refractivity contribution is 5.43. The van der Waals surface area contributed by atoms with Crippen molar-refractivity contribution in [2.45, 2.75) is 33.4 Å². The van der Waals surface area contributed by atoms with Gasteiger partial charge in [0.2, 0.25) is 0 Å². The number of aryl methyl sites for hydroxylation is 3. The molecule has 0 amide bonds. The van der Waals surface area contributed by atoms with Gasteiger partial charge in [-0.3, -0.25) is 4.90 Å². The van der Waals surface area contributed by atoms with Crippen LogP contribution in [0.3, 0.4) is 0 Å². The maximum Gasteiger partial charge on any atom is 0.124 e. The van der Waals surface area contributed by atoms with Gasteiger partial charge in [-0.1, -0.05) is 30.3 Å². The Bertz CT molecular complexity index is 676. The summed E-state index contributed by atoms with van der Waals surface area (Å²) in [6.07, 6.45) is -0.537. The van der Waals surface area contributed by atoms with Crippen molar-refractivity contribution >= 4 is 0 Å². The molecule has 0 saturated heterocycles. The number of nitrogens with zero attached hydrogens (tertiary/aromatic N) is 1. The second-order valence-corrected chi connectivity index (χ2v) is 6.69. The lowest BCUT2D eigenvalue weighted by molar-refractivity contribution is 0.0741. The van der Waals surface area contributed by atoms with Crippen LogP contribution in [0.25, 0.3) is 0 Å². The normalized spacial score (nSPS) is 12.3. The van der Waals surface area contributed by atoms with E-state index in [2.05, 4.69) is 30.9 Å². The van der Waals surface area contributed by atoms with E-state index in [9.17, 15) is 5.11 Å². The summed E-state index contributed by atoms with van der Waals surface area (Å²) in [5.74, 6) is 1.77. The molecule has 0 aliphatic carbocycles. The van der Waals surface area contributed by atoms with Crippen LogP contribution in [0, 0.1) is 20.8 Å². The fraction of sp³-hybridized carbons (Fsp3) is 0.429. The second-order valence-electron chi connectivity index (χ2n) is 6.69. The van der Waals surface area contributed by atoms with Gasteiger partial charge in [-0.15, -0.1) is 0 Å². The Kier molecular flexibility index (Phi) is 6.85. The SMILES string of the molecule is COc1c(C)cc(CN(C)CC(O)COc2ccccc2C)cc1C. The molecule has 136 valence electrons. The molecule has 0 fully saturated rings. The molecule has 0 radical (unpaired) electrons. The van der Waals surface area contributed by atoms with Gasteiger partial charge in [0.15, 0.2) is 0 Å². The van der Waals surface area contributed by atoms with Crippen LogP contribution in [0.4, 0.5) is 0 Å². The van der Waals surface area contributed by atoms with E-state index in [1.165, 1.54) is 5.56 Å². The van der Waals surface area contributed by atoms with Crippen LogP contribution in [0.5, 0.6) is 11.5 Å². The lowest BCUT2D eigenvalue weighted by atomic mass is 10.1. The third kappa shape index (κ3) is 5.48. The zero-order valence-electron chi connectivity index (χ0n) is 15.9. The van der Waals surface area contributed by atoms with Crippen LogP contribution in [-0.4, -0.2) is 43.4 Å². The summed E-state index contributed by atoms with van der Waals surface area (Å²) in [6.45, 7) is 7.72. The topological polar surface area (TPSA) is 41.9 Å². The Morgan fingerprint density at radius 1 is 1.04 bits per heavy atom. The Morgan fingerprint density at radius 2 is 1.68 bits per heavy atom. The zero-order valence-corrected chi connectivity index (χ0v) is 15.9. The molecule has 0 bridgehead atoms. The molecule has 0 aliphatic heterocycles. The van der Waals surface area contributed by atoms with Crippen molar-refractivity contribution in [1.82, 2.24) is 4.90 Å². The standard InChI is InChI=1S/C21H29NO3/c1-15-8-6-7-9-20(15)25-14-19(23)13-22(4)12-18-10-16(2)21(24-5)17(3)11-18/h6-11,19,23H,12-14H2,1-5H3. The van der Waals surface area contributed by atoms with Gasteiger partial charge in [-0.2, -0.15) is 0 Å². The molecule has 4 nitrogen and oxygen atoms in total. The molecule has 2 rings (SSSR count). The summed E-state index contributed by atoms with van der Waals surface area (Å²) >= 11 is 0. The minimum atomic E-state index is -0.537. The zero-order chi connectivity index (χ0) is 18.4. The number of aliphatic hydroxyl groups is 1. The van der Waals surface area contributed by atoms with E-state index < -0.39 is 6.10 Å². The molecular formula is C21H29NO3. The van der Waals surface area contributed by atoms with Crippen molar-refractivity contribution in [3.63, 3.8) is 0 Å². The van der Waals surface area contributed by atoms with Gasteiger partial charge >= 0.3 is 0 Å². The molecule has 1 unspecified atom stereocenters. The summed E-state index contributed by atoms with van der Waals surface area (Å²) in [5, 5.41) is 10.3. The van der Waals surface area contributed by atoms with Gasteiger partial charge in [-0.25, -0.2) is 0 Å². The number of hydrogen-bond donors (Lipinski definition) is 1. The first-order valence-electron chi connectivity index (χ1n) is 8.60. The number of para-hydroxylation sites is 1. The number of rotatable bonds is 8. The molecule has 2 aromatic carbocycles. The van der Waals surface area contributed by atoms with E-state index >= 15 is 0 Å². The predicted molar refractivity (Wildman–Crippen MR) is 101 cm³/mol. The average Bonchev–Trinajstić information content (AvgIpc) is 2.53. The molecule has 0 spiro atoms. The molecule has 0 aliphatic rings. The monoisotopic (exact) mass is 343 g/mol. The van der Waals surface area contributed by atoms with Crippen molar-refractivity contribution in [2.24, 2.45) is 0 Å². The Hall–Kier alpha value is -2.04. The van der Waals surface area contributed by atoms with Gasteiger partial charge in [-0.05, 0) is 56.1 Å². The van der Waals surface area contributed by atoms with E-state index in [0.29, 0.717) is 6.54 Å². The quantitative estimate of drug-likeness (QED) is 0.797. The number of likely N-dealkylation sites (N-methyl/N-ethyl adjacent to an activating group) is 1. The summed E-state index contributed by atoms with van der Waals surface area (Å²) in [4.78, 5) is 2.10. The van der Waals surface area contributed by atoms with E-state index in [1.54, 1.807) is 7.11 Å². The fourth-order valence-corrected chi connectivity index (χ4v) is 3.15. The Morgan fingerprint density at radius 3 is 2.28 bits per heavy atom. The van der Waals surface area contributed by atoms with Crippen LogP contribution in [0.2, 0.25) is 0 Å². The minimum Gasteiger partial charge on any atom is -0.496 e. The maximum absolute atomic E-state index is 10.3. The van der Waals surface area contributed by atoms with Crippen molar-refractivity contribution in [3.8, 4) is 11.5 Å². The largest absolute Gasteiger partial charge is 0.496 e. The first-order valence-corrected chi connectivity index (χ1v) is 8.60. The molecule has 2 aromatic rings. The molecule has 0 aromatic heterocycles. The number of aliphatic hydroxyl groups excluding tert-OH is 1. The van der Waals surface area contributed by atoms with Crippen molar-refractivity contribution in [3.05, 3.63) is 58.7 Å². The fourth-order valence-electron chi connectivity index (χ4n) is 3.15. The van der Waals surface area contributed by atoms with Crippen molar-refractivity contribution in [1.29, 1.82) is 0 Å². The van der Waals surface area contributed by atoms with Gasteiger partial charge in [0.25, 0.3) is 0 Å². The van der Waals surface area contributed by atoms with Crippen LogP contribution in [0.1, 0.15) is 22.3 Å². The summed E-state index contributed by atoms with van der Waals surface area (Å²) in [6, 6.07) is 12.1. The Balaban J connectivity index is 1.87. The molecule has 1 atom stereocenters. The number of hydrogen-bond acceptors (Lipinski definition) is 4. The van der Waals surface area contributed by atoms with Gasteiger partial charge < -0.3 is 14.6 Å². The molecule has 0 saturated carbocycles. The lowest BCUT2D eigenvalue weighted by Gasteiger charge is -2.22. The average molecular weight is 343 g/mol. The Labute approximate surface area is 151 Å². The van der Waals surface area contributed by atoms with E-state index in [-0.39, 0.29) is 6.61 Å². The minimum absolute atomic E-state index is 0.288. The first kappa shape index (κ1) is 19.3. The van der Waals surface area contributed by atoms with Crippen LogP contribution >= 0.6 is 0 Å². The smallest absolute Gasteiger partial charge is 0.124 e. The van der Waals surface area contributed by atoms with Crippen LogP contribution in [0.15, 0.2) is 36.4 Å². The molecule has 25 heavy (non-hydrogen) atoms. The first-order chi connectivity index (χ1) is 11.9. The lowest BCUT2D eigenvalue weighted by Crippen LogP contribution is -2.32. The predicted octanol–water partition coefficient (Wildman–Crippen LogP) is 3.49. The number of methoxy groups -OCH3 is 1. The van der Waals surface area contributed by atoms with Crippen LogP contribution in [-0.2, 0) is 6.54 Å². The maximum atomic E-state index is 10.3. The molecule has 0 heterocycles. The third-order valence-electron chi connectivity index (χ3n) is 4.22. The van der Waals surface area contributed by atoms with Gasteiger partial charge in [0, 0.05) is 13.1 Å². The van der Waals surface area contributed by atoms with Gasteiger partial charge in [0.05, 0.1) is 7.11 Å². The highest BCUT2D eigenvalue weighted by Gasteiger charge is 2.12. The number of ether oxygens (including phenoxy) is 2. The van der Waals surface area contributed by atoms with Crippen LogP contribution < -0.4 is 9.47 Å². The second kappa shape index (κ2) is 8.88. The van der Waals surface area contributed by atoms with E-state index in [0.717, 1.165) is 34.7 Å². The summed E-state index contributed by atoms with van der Waals surface area (Å²) in [5.41, 5.74) is 4.56. The number of benzene rings is 2. The van der Waals surface area contributed by atoms with E-state index in [4.69, 9.17) is 9.47 Å². The molecule has 1 N–H and O–H groups in total. The third-order valence-corrected chi connectivity index (χ3v) is 4.22. The van der Waals surface area contributed by atoms with E-state index in [1.807, 2.05) is 38.2 Å². The summed E-state index contributed by atoms with van der Waals surface area (Å²) < 4.78 is 11.1. The van der Waals surface area contributed by atoms with Gasteiger partial charge in [0.1, 0.15) is 24.2 Å².